The lowest BCUT2D eigenvalue weighted by molar-refractivity contribution is 0.0813. The van der Waals surface area contributed by atoms with Crippen molar-refractivity contribution >= 4 is 11.2 Å². The van der Waals surface area contributed by atoms with Crippen LogP contribution in [0, 0.1) is 0 Å². The van der Waals surface area contributed by atoms with E-state index in [0.717, 1.165) is 11.1 Å². The lowest BCUT2D eigenvalue weighted by Gasteiger charge is -2.30. The van der Waals surface area contributed by atoms with Gasteiger partial charge in [0, 0.05) is 18.2 Å². The van der Waals surface area contributed by atoms with Crippen LogP contribution in [-0.2, 0) is 23.4 Å². The van der Waals surface area contributed by atoms with E-state index in [4.69, 9.17) is 4.74 Å². The van der Waals surface area contributed by atoms with E-state index >= 15 is 0 Å². The molecule has 0 radical (unpaired) electrons. The second kappa shape index (κ2) is 5.93. The first-order valence-electron chi connectivity index (χ1n) is 7.12. The number of ether oxygens (including phenoxy) is 1. The molecule has 0 aliphatic carbocycles. The van der Waals surface area contributed by atoms with Crippen molar-refractivity contribution in [2.75, 3.05) is 19.8 Å². The van der Waals surface area contributed by atoms with Crippen LogP contribution in [0.5, 0.6) is 5.75 Å². The van der Waals surface area contributed by atoms with Gasteiger partial charge in [0.2, 0.25) is 0 Å². The van der Waals surface area contributed by atoms with Gasteiger partial charge in [0.05, 0.1) is 0 Å². The fraction of sp³-hybridized carbons (Fsp3) is 0.294. The Hall–Kier alpha value is -1.53. The van der Waals surface area contributed by atoms with Crippen LogP contribution in [0.1, 0.15) is 16.7 Å². The highest BCUT2D eigenvalue weighted by molar-refractivity contribution is 7.90. The Kier molecular flexibility index (Phi) is 4.14. The molecule has 2 aromatic rings. The van der Waals surface area contributed by atoms with Crippen molar-refractivity contribution in [2.45, 2.75) is 17.1 Å². The molecular formula is C17H19NO3S. The predicted octanol–water partition coefficient (Wildman–Crippen LogP) is 1.77. The minimum atomic E-state index is -1.22. The van der Waals surface area contributed by atoms with Gasteiger partial charge in [-0.1, -0.05) is 24.3 Å². The topological polar surface area (TPSA) is 64.5 Å². The molecule has 0 bridgehead atoms. The van der Waals surface area contributed by atoms with Crippen LogP contribution in [0.15, 0.2) is 47.4 Å². The summed E-state index contributed by atoms with van der Waals surface area (Å²) in [7, 11) is 1.80. The average Bonchev–Trinajstić information content (AvgIpc) is 2.64. The Balaban J connectivity index is 2.24. The molecule has 4 nitrogen and oxygen atoms in total. The maximum Gasteiger partial charge on any atom is 0.153 e. The van der Waals surface area contributed by atoms with Crippen LogP contribution in [0.3, 0.4) is 0 Å². The van der Waals surface area contributed by atoms with Crippen molar-refractivity contribution in [3.63, 3.8) is 0 Å². The Morgan fingerprint density at radius 2 is 2.05 bits per heavy atom. The molecule has 5 heteroatoms. The van der Waals surface area contributed by atoms with Gasteiger partial charge in [-0.15, -0.1) is 0 Å². The minimum absolute atomic E-state index is 0.347. The molecule has 0 saturated carbocycles. The maximum atomic E-state index is 11.8. The van der Waals surface area contributed by atoms with Crippen molar-refractivity contribution in [1.29, 1.82) is 0 Å². The van der Waals surface area contributed by atoms with Gasteiger partial charge < -0.3 is 19.7 Å². The summed E-state index contributed by atoms with van der Waals surface area (Å²) in [5.74, 6) is 0.628. The second-order valence-electron chi connectivity index (χ2n) is 5.45. The Bertz CT molecular complexity index is 689. The van der Waals surface area contributed by atoms with Gasteiger partial charge in [0.25, 0.3) is 0 Å². The fourth-order valence-corrected chi connectivity index (χ4v) is 3.48. The molecule has 2 atom stereocenters. The van der Waals surface area contributed by atoms with Crippen LogP contribution in [0.2, 0.25) is 0 Å². The first-order chi connectivity index (χ1) is 10.6. The molecule has 116 valence electrons. The van der Waals surface area contributed by atoms with Gasteiger partial charge in [-0.3, -0.25) is 0 Å². The summed E-state index contributed by atoms with van der Waals surface area (Å²) >= 11 is -1.11. The molecule has 2 unspecified atom stereocenters. The lowest BCUT2D eigenvalue weighted by atomic mass is 9.84. The van der Waals surface area contributed by atoms with Gasteiger partial charge in [-0.2, -0.15) is 0 Å². The zero-order valence-corrected chi connectivity index (χ0v) is 13.4. The number of aliphatic hydroxyl groups is 1. The molecule has 0 spiro atoms. The van der Waals surface area contributed by atoms with E-state index in [1.807, 2.05) is 24.3 Å². The molecular weight excluding hydrogens is 298 g/mol. The molecule has 0 amide bonds. The highest BCUT2D eigenvalue weighted by atomic mass is 32.2. The highest BCUT2D eigenvalue weighted by Crippen LogP contribution is 2.41. The first kappa shape index (κ1) is 15.4. The largest absolute Gasteiger partial charge is 0.612 e. The highest BCUT2D eigenvalue weighted by Gasteiger charge is 2.38. The Morgan fingerprint density at radius 1 is 1.27 bits per heavy atom. The SMILES string of the molecule is CNCC1(O)c2ccccc2COc2ccc([S+](C)[O-])cc21. The summed E-state index contributed by atoms with van der Waals surface area (Å²) in [6.07, 6.45) is 1.63. The second-order valence-corrected chi connectivity index (χ2v) is 6.83. The summed E-state index contributed by atoms with van der Waals surface area (Å²) < 4.78 is 17.7. The first-order valence-corrected chi connectivity index (χ1v) is 8.68. The minimum Gasteiger partial charge on any atom is -0.612 e. The quantitative estimate of drug-likeness (QED) is 0.847. The van der Waals surface area contributed by atoms with E-state index < -0.39 is 16.8 Å². The zero-order valence-electron chi connectivity index (χ0n) is 12.6. The summed E-state index contributed by atoms with van der Waals surface area (Å²) in [5.41, 5.74) is 1.21. The van der Waals surface area contributed by atoms with Crippen molar-refractivity contribution in [1.82, 2.24) is 5.32 Å². The van der Waals surface area contributed by atoms with Crippen LogP contribution in [0.4, 0.5) is 0 Å². The smallest absolute Gasteiger partial charge is 0.153 e. The van der Waals surface area contributed by atoms with Crippen LogP contribution in [0.25, 0.3) is 0 Å². The van der Waals surface area contributed by atoms with Crippen LogP contribution >= 0.6 is 0 Å². The lowest BCUT2D eigenvalue weighted by Crippen LogP contribution is -2.38. The molecule has 22 heavy (non-hydrogen) atoms. The summed E-state index contributed by atoms with van der Waals surface area (Å²) in [4.78, 5) is 0.677. The van der Waals surface area contributed by atoms with Crippen LogP contribution in [-0.4, -0.2) is 29.5 Å². The molecule has 1 aliphatic rings. The molecule has 2 N–H and O–H groups in total. The molecule has 0 aromatic heterocycles. The molecule has 2 aromatic carbocycles. The number of hydrogen-bond donors (Lipinski definition) is 2. The van der Waals surface area contributed by atoms with Crippen molar-refractivity contribution in [3.05, 3.63) is 59.2 Å². The summed E-state index contributed by atoms with van der Waals surface area (Å²) in [6.45, 7) is 0.754. The normalized spacial score (nSPS) is 21.3. The number of nitrogens with one attached hydrogen (secondary N) is 1. The standard InChI is InChI=1S/C17H19NO3S/c1-18-11-17(19)14-6-4-3-5-12(14)10-21-16-8-7-13(22(2)20)9-15(16)17/h3-9,18-19H,10-11H2,1-2H3. The Morgan fingerprint density at radius 3 is 2.77 bits per heavy atom. The Labute approximate surface area is 133 Å². The van der Waals surface area contributed by atoms with Gasteiger partial charge in [0.1, 0.15) is 24.2 Å². The molecule has 0 saturated heterocycles. The van der Waals surface area contributed by atoms with Gasteiger partial charge >= 0.3 is 0 Å². The van der Waals surface area contributed by atoms with Gasteiger partial charge in [0.15, 0.2) is 4.90 Å². The number of fused-ring (bicyclic) bond motifs is 2. The number of rotatable bonds is 3. The van der Waals surface area contributed by atoms with E-state index in [-0.39, 0.29) is 0 Å². The predicted molar refractivity (Wildman–Crippen MR) is 86.5 cm³/mol. The van der Waals surface area contributed by atoms with Crippen LogP contribution < -0.4 is 10.1 Å². The van der Waals surface area contributed by atoms with Crippen molar-refractivity contribution in [2.24, 2.45) is 0 Å². The molecule has 0 fully saturated rings. The van der Waals surface area contributed by atoms with E-state index in [1.54, 1.807) is 31.5 Å². The van der Waals surface area contributed by atoms with E-state index in [2.05, 4.69) is 5.32 Å². The molecule has 1 heterocycles. The number of benzene rings is 2. The maximum absolute atomic E-state index is 11.8. The number of hydrogen-bond acceptors (Lipinski definition) is 4. The monoisotopic (exact) mass is 317 g/mol. The molecule has 3 rings (SSSR count). The third-order valence-electron chi connectivity index (χ3n) is 4.01. The summed E-state index contributed by atoms with van der Waals surface area (Å²) in [6, 6.07) is 13.1. The zero-order chi connectivity index (χ0) is 15.7. The third-order valence-corrected chi connectivity index (χ3v) is 4.93. The van der Waals surface area contributed by atoms with E-state index in [9.17, 15) is 9.66 Å². The summed E-state index contributed by atoms with van der Waals surface area (Å²) in [5, 5.41) is 14.5. The van der Waals surface area contributed by atoms with E-state index in [0.29, 0.717) is 29.4 Å². The average molecular weight is 317 g/mol. The van der Waals surface area contributed by atoms with Crippen molar-refractivity contribution in [3.8, 4) is 5.75 Å². The fourth-order valence-electron chi connectivity index (χ4n) is 2.93. The van der Waals surface area contributed by atoms with Gasteiger partial charge in [-0.25, -0.2) is 0 Å². The third kappa shape index (κ3) is 2.50. The number of likely N-dealkylation sites (N-methyl/N-ethyl adjacent to an activating group) is 1. The van der Waals surface area contributed by atoms with E-state index in [1.165, 1.54) is 0 Å². The van der Waals surface area contributed by atoms with Crippen molar-refractivity contribution < 1.29 is 14.4 Å². The van der Waals surface area contributed by atoms with Gasteiger partial charge in [-0.05, 0) is 41.5 Å². The molecule has 1 aliphatic heterocycles.